The summed E-state index contributed by atoms with van der Waals surface area (Å²) in [5.74, 6) is 0. The van der Waals surface area contributed by atoms with E-state index in [0.29, 0.717) is 6.04 Å². The number of nitrogens with one attached hydrogen (secondary N) is 2. The molecular formula is C14H22N2. The molecule has 88 valence electrons. The molecule has 1 aromatic rings. The fraction of sp³-hybridized carbons (Fsp3) is 0.571. The number of unbranched alkanes of at least 4 members (excludes halogenated alkanes) is 2. The molecule has 0 spiro atoms. The third kappa shape index (κ3) is 2.99. The van der Waals surface area contributed by atoms with E-state index in [1.54, 1.807) is 0 Å². The van der Waals surface area contributed by atoms with Crippen LogP contribution in [0.15, 0.2) is 24.3 Å². The van der Waals surface area contributed by atoms with Crippen molar-refractivity contribution in [3.63, 3.8) is 0 Å². The smallest absolute Gasteiger partial charge is 0.0427 e. The van der Waals surface area contributed by atoms with E-state index in [9.17, 15) is 0 Å². The first kappa shape index (κ1) is 11.5. The van der Waals surface area contributed by atoms with Crippen LogP contribution in [0.1, 0.15) is 31.7 Å². The molecule has 0 aromatic heterocycles. The van der Waals surface area contributed by atoms with E-state index < -0.39 is 0 Å². The Bertz CT molecular complexity index is 297. The summed E-state index contributed by atoms with van der Waals surface area (Å²) in [6.07, 6.45) is 5.10. The average Bonchev–Trinajstić information content (AvgIpc) is 2.71. The molecule has 0 amide bonds. The Morgan fingerprint density at radius 2 is 2.19 bits per heavy atom. The van der Waals surface area contributed by atoms with Crippen LogP contribution in [-0.2, 0) is 6.42 Å². The summed E-state index contributed by atoms with van der Waals surface area (Å²) in [4.78, 5) is 0. The highest BCUT2D eigenvalue weighted by Gasteiger charge is 2.18. The zero-order chi connectivity index (χ0) is 11.2. The summed E-state index contributed by atoms with van der Waals surface area (Å²) in [6, 6.07) is 9.20. The second kappa shape index (κ2) is 5.90. The number of rotatable bonds is 6. The van der Waals surface area contributed by atoms with Crippen LogP contribution in [0.25, 0.3) is 0 Å². The predicted molar refractivity (Wildman–Crippen MR) is 70.0 cm³/mol. The summed E-state index contributed by atoms with van der Waals surface area (Å²) in [7, 11) is 0. The minimum absolute atomic E-state index is 0.582. The third-order valence-corrected chi connectivity index (χ3v) is 3.19. The average molecular weight is 218 g/mol. The van der Waals surface area contributed by atoms with Gasteiger partial charge in [0.15, 0.2) is 0 Å². The molecule has 1 aromatic carbocycles. The van der Waals surface area contributed by atoms with Crippen molar-refractivity contribution in [1.82, 2.24) is 5.32 Å². The molecule has 1 aliphatic heterocycles. The maximum Gasteiger partial charge on any atom is 0.0427 e. The van der Waals surface area contributed by atoms with Crippen molar-refractivity contribution in [2.75, 3.05) is 18.4 Å². The van der Waals surface area contributed by atoms with Gasteiger partial charge in [0.2, 0.25) is 0 Å². The van der Waals surface area contributed by atoms with Gasteiger partial charge in [0.25, 0.3) is 0 Å². The molecule has 16 heavy (non-hydrogen) atoms. The number of hydrogen-bond acceptors (Lipinski definition) is 2. The van der Waals surface area contributed by atoms with Crippen LogP contribution in [-0.4, -0.2) is 19.1 Å². The molecule has 1 unspecified atom stereocenters. The van der Waals surface area contributed by atoms with Crippen molar-refractivity contribution < 1.29 is 0 Å². The Labute approximate surface area is 98.4 Å². The minimum atomic E-state index is 0.582. The van der Waals surface area contributed by atoms with Crippen molar-refractivity contribution >= 4 is 5.69 Å². The van der Waals surface area contributed by atoms with Gasteiger partial charge in [-0.25, -0.2) is 0 Å². The van der Waals surface area contributed by atoms with E-state index in [1.165, 1.54) is 30.5 Å². The van der Waals surface area contributed by atoms with Crippen LogP contribution in [0.4, 0.5) is 5.69 Å². The molecule has 1 atom stereocenters. The number of anilines is 1. The van der Waals surface area contributed by atoms with Crippen LogP contribution in [0.2, 0.25) is 0 Å². The monoisotopic (exact) mass is 218 g/mol. The van der Waals surface area contributed by atoms with Gasteiger partial charge in [-0.2, -0.15) is 0 Å². The number of fused-ring (bicyclic) bond motifs is 1. The highest BCUT2D eigenvalue weighted by Crippen LogP contribution is 2.24. The van der Waals surface area contributed by atoms with Gasteiger partial charge in [0, 0.05) is 18.3 Å². The summed E-state index contributed by atoms with van der Waals surface area (Å²) >= 11 is 0. The van der Waals surface area contributed by atoms with Gasteiger partial charge in [-0.05, 0) is 31.0 Å². The molecule has 2 heteroatoms. The molecule has 0 aliphatic carbocycles. The number of hydrogen-bond donors (Lipinski definition) is 2. The largest absolute Gasteiger partial charge is 0.380 e. The van der Waals surface area contributed by atoms with Gasteiger partial charge in [0.1, 0.15) is 0 Å². The van der Waals surface area contributed by atoms with Crippen LogP contribution >= 0.6 is 0 Å². The van der Waals surface area contributed by atoms with Crippen molar-refractivity contribution in [1.29, 1.82) is 0 Å². The van der Waals surface area contributed by atoms with Gasteiger partial charge in [-0.15, -0.1) is 0 Å². The SMILES string of the molecule is CCCCCNCC1Cc2ccccc2N1. The molecule has 1 heterocycles. The van der Waals surface area contributed by atoms with Gasteiger partial charge in [0.05, 0.1) is 0 Å². The normalized spacial score (nSPS) is 18.2. The molecule has 0 radical (unpaired) electrons. The van der Waals surface area contributed by atoms with Gasteiger partial charge < -0.3 is 10.6 Å². The quantitative estimate of drug-likeness (QED) is 0.717. The van der Waals surface area contributed by atoms with Crippen LogP contribution in [0, 0.1) is 0 Å². The van der Waals surface area contributed by atoms with Crippen molar-refractivity contribution in [3.8, 4) is 0 Å². The molecule has 2 N–H and O–H groups in total. The van der Waals surface area contributed by atoms with E-state index in [2.05, 4.69) is 41.8 Å². The first-order valence-corrected chi connectivity index (χ1v) is 6.45. The van der Waals surface area contributed by atoms with Crippen LogP contribution in [0.5, 0.6) is 0 Å². The first-order chi connectivity index (χ1) is 7.90. The predicted octanol–water partition coefficient (Wildman–Crippen LogP) is 2.80. The zero-order valence-electron chi connectivity index (χ0n) is 10.1. The molecule has 0 saturated heterocycles. The van der Waals surface area contributed by atoms with Crippen LogP contribution in [0.3, 0.4) is 0 Å². The number of para-hydroxylation sites is 1. The Hall–Kier alpha value is -1.02. The maximum atomic E-state index is 3.56. The lowest BCUT2D eigenvalue weighted by atomic mass is 10.1. The fourth-order valence-corrected chi connectivity index (χ4v) is 2.28. The van der Waals surface area contributed by atoms with Crippen molar-refractivity contribution in [2.45, 2.75) is 38.6 Å². The molecular weight excluding hydrogens is 196 g/mol. The minimum Gasteiger partial charge on any atom is -0.380 e. The van der Waals surface area contributed by atoms with Crippen molar-refractivity contribution in [3.05, 3.63) is 29.8 Å². The summed E-state index contributed by atoms with van der Waals surface area (Å²) in [5.41, 5.74) is 2.78. The van der Waals surface area contributed by atoms with E-state index in [-0.39, 0.29) is 0 Å². The summed E-state index contributed by atoms with van der Waals surface area (Å²) in [6.45, 7) is 4.48. The lowest BCUT2D eigenvalue weighted by Gasteiger charge is -2.12. The molecule has 2 rings (SSSR count). The molecule has 0 fully saturated rings. The number of benzene rings is 1. The van der Waals surface area contributed by atoms with E-state index in [0.717, 1.165) is 19.5 Å². The molecule has 0 saturated carbocycles. The molecule has 1 aliphatic rings. The Morgan fingerprint density at radius 1 is 1.31 bits per heavy atom. The lowest BCUT2D eigenvalue weighted by molar-refractivity contribution is 0.579. The maximum absolute atomic E-state index is 3.56. The van der Waals surface area contributed by atoms with E-state index in [1.807, 2.05) is 0 Å². The lowest BCUT2D eigenvalue weighted by Crippen LogP contribution is -2.31. The van der Waals surface area contributed by atoms with E-state index in [4.69, 9.17) is 0 Å². The van der Waals surface area contributed by atoms with Crippen molar-refractivity contribution in [2.24, 2.45) is 0 Å². The first-order valence-electron chi connectivity index (χ1n) is 6.45. The van der Waals surface area contributed by atoms with Crippen LogP contribution < -0.4 is 10.6 Å². The third-order valence-electron chi connectivity index (χ3n) is 3.19. The summed E-state index contributed by atoms with van der Waals surface area (Å²) in [5, 5.41) is 7.10. The molecule has 2 nitrogen and oxygen atoms in total. The standard InChI is InChI=1S/C14H22N2/c1-2-3-6-9-15-11-13-10-12-7-4-5-8-14(12)16-13/h4-5,7-8,13,15-16H,2-3,6,9-11H2,1H3. The zero-order valence-corrected chi connectivity index (χ0v) is 10.1. The topological polar surface area (TPSA) is 24.1 Å². The highest BCUT2D eigenvalue weighted by molar-refractivity contribution is 5.56. The Kier molecular flexibility index (Phi) is 4.23. The second-order valence-electron chi connectivity index (χ2n) is 4.61. The second-order valence-corrected chi connectivity index (χ2v) is 4.61. The Balaban J connectivity index is 1.67. The van der Waals surface area contributed by atoms with E-state index >= 15 is 0 Å². The highest BCUT2D eigenvalue weighted by atomic mass is 15.0. The molecule has 0 bridgehead atoms. The Morgan fingerprint density at radius 3 is 3.00 bits per heavy atom. The fourth-order valence-electron chi connectivity index (χ4n) is 2.28. The van der Waals surface area contributed by atoms with Gasteiger partial charge in [-0.3, -0.25) is 0 Å². The van der Waals surface area contributed by atoms with Gasteiger partial charge in [-0.1, -0.05) is 38.0 Å². The van der Waals surface area contributed by atoms with Gasteiger partial charge >= 0.3 is 0 Å². The summed E-state index contributed by atoms with van der Waals surface area (Å²) < 4.78 is 0.